The smallest absolute Gasteiger partial charge is 0.191 e. The summed E-state index contributed by atoms with van der Waals surface area (Å²) in [5.41, 5.74) is 1.41. The van der Waals surface area contributed by atoms with E-state index in [1.165, 1.54) is 44.3 Å². The quantitative estimate of drug-likeness (QED) is 0.596. The van der Waals surface area contributed by atoms with Gasteiger partial charge in [-0.15, -0.1) is 0 Å². The van der Waals surface area contributed by atoms with E-state index in [1.54, 1.807) is 0 Å². The monoisotopic (exact) mass is 371 g/mol. The molecule has 2 saturated heterocycles. The van der Waals surface area contributed by atoms with Crippen LogP contribution in [-0.4, -0.2) is 68.1 Å². The van der Waals surface area contributed by atoms with Gasteiger partial charge in [-0.3, -0.25) is 9.89 Å². The second kappa shape index (κ2) is 10.7. The van der Waals surface area contributed by atoms with Crippen molar-refractivity contribution in [3.8, 4) is 0 Å². The van der Waals surface area contributed by atoms with Crippen LogP contribution in [0.1, 0.15) is 38.2 Å². The number of nitrogens with zero attached hydrogens (tertiary/aromatic N) is 3. The summed E-state index contributed by atoms with van der Waals surface area (Å²) < 4.78 is 0. The number of likely N-dealkylation sites (tertiary alicyclic amines) is 2. The number of hydrogen-bond acceptors (Lipinski definition) is 3. The van der Waals surface area contributed by atoms with Crippen LogP contribution in [0.3, 0.4) is 0 Å². The molecule has 150 valence electrons. The lowest BCUT2D eigenvalue weighted by atomic mass is 9.99. The van der Waals surface area contributed by atoms with Gasteiger partial charge in [0, 0.05) is 45.8 Å². The lowest BCUT2D eigenvalue weighted by Crippen LogP contribution is -2.49. The molecule has 0 unspecified atom stereocenters. The van der Waals surface area contributed by atoms with Gasteiger partial charge in [0.15, 0.2) is 5.96 Å². The fourth-order valence-corrected chi connectivity index (χ4v) is 4.08. The molecule has 2 aliphatic heterocycles. The summed E-state index contributed by atoms with van der Waals surface area (Å²) in [7, 11) is 1.88. The van der Waals surface area contributed by atoms with Crippen LogP contribution in [0.2, 0.25) is 0 Å². The Balaban J connectivity index is 1.32. The highest BCUT2D eigenvalue weighted by Crippen LogP contribution is 2.15. The van der Waals surface area contributed by atoms with Crippen molar-refractivity contribution in [2.75, 3.05) is 46.3 Å². The molecule has 2 N–H and O–H groups in total. The van der Waals surface area contributed by atoms with Crippen LogP contribution in [0.4, 0.5) is 0 Å². The van der Waals surface area contributed by atoms with Gasteiger partial charge < -0.3 is 15.5 Å². The molecule has 0 spiro atoms. The van der Waals surface area contributed by atoms with Crippen molar-refractivity contribution >= 4 is 5.96 Å². The van der Waals surface area contributed by atoms with Crippen LogP contribution in [0, 0.1) is 5.92 Å². The SMILES string of the molecule is CN=C(NCCN1CCC(C)CC1)NC1CCN(Cc2ccccc2)CC1. The lowest BCUT2D eigenvalue weighted by molar-refractivity contribution is 0.193. The van der Waals surface area contributed by atoms with Crippen molar-refractivity contribution in [1.82, 2.24) is 20.4 Å². The second-order valence-electron chi connectivity index (χ2n) is 8.20. The third kappa shape index (κ3) is 6.82. The average molecular weight is 372 g/mol. The van der Waals surface area contributed by atoms with Crippen LogP contribution < -0.4 is 10.6 Å². The first-order valence-electron chi connectivity index (χ1n) is 10.7. The second-order valence-corrected chi connectivity index (χ2v) is 8.20. The van der Waals surface area contributed by atoms with Crippen LogP contribution in [0.15, 0.2) is 35.3 Å². The molecule has 27 heavy (non-hydrogen) atoms. The van der Waals surface area contributed by atoms with E-state index < -0.39 is 0 Å². The van der Waals surface area contributed by atoms with Crippen LogP contribution in [0.25, 0.3) is 0 Å². The maximum atomic E-state index is 4.43. The van der Waals surface area contributed by atoms with Crippen LogP contribution in [-0.2, 0) is 6.54 Å². The van der Waals surface area contributed by atoms with Gasteiger partial charge in [-0.25, -0.2) is 0 Å². The average Bonchev–Trinajstić information content (AvgIpc) is 2.71. The molecule has 2 aliphatic rings. The molecular formula is C22H37N5. The van der Waals surface area contributed by atoms with Gasteiger partial charge in [0.2, 0.25) is 0 Å². The van der Waals surface area contributed by atoms with Gasteiger partial charge in [-0.05, 0) is 50.3 Å². The normalized spacial score (nSPS) is 21.3. The number of nitrogens with one attached hydrogen (secondary N) is 2. The minimum absolute atomic E-state index is 0.527. The number of piperidine rings is 2. The number of hydrogen-bond donors (Lipinski definition) is 2. The van der Waals surface area contributed by atoms with E-state index in [9.17, 15) is 0 Å². The first kappa shape index (κ1) is 20.2. The Labute approximate surface area is 165 Å². The van der Waals surface area contributed by atoms with E-state index in [0.29, 0.717) is 6.04 Å². The number of rotatable bonds is 6. The maximum Gasteiger partial charge on any atom is 0.191 e. The largest absolute Gasteiger partial charge is 0.355 e. The molecule has 0 bridgehead atoms. The van der Waals surface area contributed by atoms with E-state index in [0.717, 1.165) is 44.6 Å². The van der Waals surface area contributed by atoms with Gasteiger partial charge in [-0.1, -0.05) is 37.3 Å². The fourth-order valence-electron chi connectivity index (χ4n) is 4.08. The summed E-state index contributed by atoms with van der Waals surface area (Å²) >= 11 is 0. The lowest BCUT2D eigenvalue weighted by Gasteiger charge is -2.33. The Kier molecular flexibility index (Phi) is 7.96. The number of benzene rings is 1. The van der Waals surface area contributed by atoms with Gasteiger partial charge in [-0.2, -0.15) is 0 Å². The molecule has 3 rings (SSSR count). The fraction of sp³-hybridized carbons (Fsp3) is 0.682. The molecule has 5 nitrogen and oxygen atoms in total. The molecule has 0 atom stereocenters. The Morgan fingerprint density at radius 1 is 1.00 bits per heavy atom. The van der Waals surface area contributed by atoms with Crippen LogP contribution >= 0.6 is 0 Å². The molecule has 0 radical (unpaired) electrons. The molecule has 2 heterocycles. The molecule has 0 aromatic heterocycles. The Hall–Kier alpha value is -1.59. The van der Waals surface area contributed by atoms with Crippen molar-refractivity contribution in [2.24, 2.45) is 10.9 Å². The van der Waals surface area contributed by atoms with Gasteiger partial charge in [0.1, 0.15) is 0 Å². The number of aliphatic imine (C=N–C) groups is 1. The highest BCUT2D eigenvalue weighted by atomic mass is 15.2. The topological polar surface area (TPSA) is 42.9 Å². The first-order chi connectivity index (χ1) is 13.2. The highest BCUT2D eigenvalue weighted by molar-refractivity contribution is 5.79. The highest BCUT2D eigenvalue weighted by Gasteiger charge is 2.20. The number of guanidine groups is 1. The van der Waals surface area contributed by atoms with Gasteiger partial charge in [0.25, 0.3) is 0 Å². The molecule has 1 aromatic rings. The Bertz CT molecular complexity index is 557. The predicted molar refractivity (Wildman–Crippen MR) is 114 cm³/mol. The first-order valence-corrected chi connectivity index (χ1v) is 10.7. The maximum absolute atomic E-state index is 4.43. The summed E-state index contributed by atoms with van der Waals surface area (Å²) in [6, 6.07) is 11.3. The van der Waals surface area contributed by atoms with Crippen molar-refractivity contribution in [1.29, 1.82) is 0 Å². The summed E-state index contributed by atoms with van der Waals surface area (Å²) in [5, 5.41) is 7.14. The summed E-state index contributed by atoms with van der Waals surface area (Å²) in [4.78, 5) is 9.55. The van der Waals surface area contributed by atoms with E-state index in [2.05, 4.69) is 62.7 Å². The van der Waals surface area contributed by atoms with E-state index in [4.69, 9.17) is 0 Å². The Morgan fingerprint density at radius 2 is 1.67 bits per heavy atom. The van der Waals surface area contributed by atoms with E-state index in [1.807, 2.05) is 7.05 Å². The minimum atomic E-state index is 0.527. The van der Waals surface area contributed by atoms with Gasteiger partial charge >= 0.3 is 0 Å². The van der Waals surface area contributed by atoms with Crippen molar-refractivity contribution < 1.29 is 0 Å². The zero-order valence-electron chi connectivity index (χ0n) is 17.2. The zero-order valence-corrected chi connectivity index (χ0v) is 17.2. The molecule has 0 aliphatic carbocycles. The summed E-state index contributed by atoms with van der Waals surface area (Å²) in [6.45, 7) is 10.3. The predicted octanol–water partition coefficient (Wildman–Crippen LogP) is 2.55. The zero-order chi connectivity index (χ0) is 18.9. The summed E-state index contributed by atoms with van der Waals surface area (Å²) in [5.74, 6) is 1.86. The third-order valence-corrected chi connectivity index (χ3v) is 6.00. The third-order valence-electron chi connectivity index (χ3n) is 6.00. The molecule has 0 saturated carbocycles. The van der Waals surface area contributed by atoms with Crippen molar-refractivity contribution in [3.63, 3.8) is 0 Å². The standard InChI is InChI=1S/C22H37N5/c1-19-8-13-26(14-9-19)17-12-24-22(23-2)25-21-10-15-27(16-11-21)18-20-6-4-3-5-7-20/h3-7,19,21H,8-18H2,1-2H3,(H2,23,24,25). The summed E-state index contributed by atoms with van der Waals surface area (Å²) in [6.07, 6.45) is 5.04. The molecule has 2 fully saturated rings. The van der Waals surface area contributed by atoms with Crippen molar-refractivity contribution in [2.45, 2.75) is 45.2 Å². The van der Waals surface area contributed by atoms with E-state index in [-0.39, 0.29) is 0 Å². The van der Waals surface area contributed by atoms with Crippen molar-refractivity contribution in [3.05, 3.63) is 35.9 Å². The molecule has 0 amide bonds. The van der Waals surface area contributed by atoms with E-state index >= 15 is 0 Å². The Morgan fingerprint density at radius 3 is 2.33 bits per heavy atom. The minimum Gasteiger partial charge on any atom is -0.355 e. The van der Waals surface area contributed by atoms with Crippen LogP contribution in [0.5, 0.6) is 0 Å². The van der Waals surface area contributed by atoms with Gasteiger partial charge in [0.05, 0.1) is 0 Å². The molecule has 5 heteroatoms. The molecular weight excluding hydrogens is 334 g/mol. The molecule has 1 aromatic carbocycles.